The summed E-state index contributed by atoms with van der Waals surface area (Å²) in [6, 6.07) is 0. The third-order valence-corrected chi connectivity index (χ3v) is 1.17. The number of carbonyl (C=O) groups is 1. The van der Waals surface area contributed by atoms with E-state index in [1.54, 1.807) is 0 Å². The molecule has 10 heavy (non-hydrogen) atoms. The zero-order chi connectivity index (χ0) is 7.82. The van der Waals surface area contributed by atoms with Crippen LogP contribution >= 0.6 is 11.9 Å². The Morgan fingerprint density at radius 2 is 2.50 bits per heavy atom. The molecule has 0 aliphatic rings. The van der Waals surface area contributed by atoms with Gasteiger partial charge in [-0.3, -0.25) is 9.52 Å². The van der Waals surface area contributed by atoms with E-state index in [4.69, 9.17) is 5.73 Å². The topological polar surface area (TPSA) is 64.3 Å². The van der Waals surface area contributed by atoms with Gasteiger partial charge in [-0.25, -0.2) is 0 Å². The number of hydrogen-bond donors (Lipinski definition) is 2. The number of nitrogens with one attached hydrogen (secondary N) is 1. The van der Waals surface area contributed by atoms with Crippen molar-refractivity contribution in [2.24, 2.45) is 5.73 Å². The maximum Gasteiger partial charge on any atom is 0.320 e. The Labute approximate surface area is 64.6 Å². The Morgan fingerprint density at radius 3 is 3.00 bits per heavy atom. The van der Waals surface area contributed by atoms with E-state index in [0.29, 0.717) is 13.2 Å². The average molecular weight is 164 g/mol. The van der Waals surface area contributed by atoms with Crippen molar-refractivity contribution in [3.63, 3.8) is 0 Å². The third-order valence-electron chi connectivity index (χ3n) is 0.742. The van der Waals surface area contributed by atoms with Gasteiger partial charge in [0.05, 0.1) is 0 Å². The standard InChI is InChI=1S/C5H12N2O2S/c1-10-7-4-5(8)9-3-2-6/h7H,2-4,6H2,1H3. The predicted molar refractivity (Wildman–Crippen MR) is 41.5 cm³/mol. The molecule has 0 radical (unpaired) electrons. The smallest absolute Gasteiger partial charge is 0.320 e. The highest BCUT2D eigenvalue weighted by atomic mass is 32.2. The highest BCUT2D eigenvalue weighted by molar-refractivity contribution is 7.96. The molecule has 0 aliphatic carbocycles. The minimum Gasteiger partial charge on any atom is -0.463 e. The average Bonchev–Trinajstić information content (AvgIpc) is 1.97. The first kappa shape index (κ1) is 9.74. The second kappa shape index (κ2) is 6.85. The molecule has 0 amide bonds. The number of esters is 1. The molecule has 0 aliphatic heterocycles. The summed E-state index contributed by atoms with van der Waals surface area (Å²) in [6.07, 6.45) is 1.84. The minimum atomic E-state index is -0.264. The highest BCUT2D eigenvalue weighted by Gasteiger charge is 1.98. The Hall–Kier alpha value is -0.260. The first-order valence-corrected chi connectivity index (χ1v) is 4.15. The van der Waals surface area contributed by atoms with E-state index in [9.17, 15) is 4.79 Å². The van der Waals surface area contributed by atoms with Crippen LogP contribution in [-0.4, -0.2) is 31.9 Å². The number of hydrogen-bond acceptors (Lipinski definition) is 5. The van der Waals surface area contributed by atoms with Crippen LogP contribution in [0.4, 0.5) is 0 Å². The first-order valence-electron chi connectivity index (χ1n) is 2.92. The molecule has 0 atom stereocenters. The van der Waals surface area contributed by atoms with E-state index in [0.717, 1.165) is 0 Å². The molecule has 0 bridgehead atoms. The summed E-state index contributed by atoms with van der Waals surface area (Å²) in [4.78, 5) is 10.6. The Kier molecular flexibility index (Phi) is 6.68. The van der Waals surface area contributed by atoms with Crippen LogP contribution in [0.25, 0.3) is 0 Å². The van der Waals surface area contributed by atoms with E-state index < -0.39 is 0 Å². The van der Waals surface area contributed by atoms with E-state index in [2.05, 4.69) is 9.46 Å². The minimum absolute atomic E-state index is 0.237. The maximum atomic E-state index is 10.6. The summed E-state index contributed by atoms with van der Waals surface area (Å²) in [5, 5.41) is 0. The Bertz CT molecular complexity index is 89.6. The van der Waals surface area contributed by atoms with Crippen LogP contribution in [0.1, 0.15) is 0 Å². The fourth-order valence-corrected chi connectivity index (χ4v) is 0.617. The van der Waals surface area contributed by atoms with Gasteiger partial charge in [-0.2, -0.15) is 0 Å². The van der Waals surface area contributed by atoms with E-state index in [1.165, 1.54) is 11.9 Å². The molecule has 0 heterocycles. The van der Waals surface area contributed by atoms with Gasteiger partial charge in [-0.05, 0) is 6.26 Å². The second-order valence-electron chi connectivity index (χ2n) is 1.53. The van der Waals surface area contributed by atoms with Gasteiger partial charge in [0.1, 0.15) is 13.2 Å². The molecule has 4 nitrogen and oxygen atoms in total. The van der Waals surface area contributed by atoms with Gasteiger partial charge in [0.2, 0.25) is 0 Å². The fraction of sp³-hybridized carbons (Fsp3) is 0.800. The summed E-state index contributed by atoms with van der Waals surface area (Å²) in [7, 11) is 0. The lowest BCUT2D eigenvalue weighted by molar-refractivity contribution is -0.141. The fourth-order valence-electron chi connectivity index (χ4n) is 0.355. The van der Waals surface area contributed by atoms with Gasteiger partial charge in [0.15, 0.2) is 0 Å². The van der Waals surface area contributed by atoms with Crippen molar-refractivity contribution >= 4 is 17.9 Å². The van der Waals surface area contributed by atoms with Gasteiger partial charge in [0, 0.05) is 6.54 Å². The quantitative estimate of drug-likeness (QED) is 0.418. The van der Waals surface area contributed by atoms with E-state index in [1.807, 2.05) is 6.26 Å². The predicted octanol–water partition coefficient (Wildman–Crippen LogP) is -0.644. The Morgan fingerprint density at radius 1 is 1.80 bits per heavy atom. The monoisotopic (exact) mass is 164 g/mol. The van der Waals surface area contributed by atoms with Crippen LogP contribution in [0, 0.1) is 0 Å². The van der Waals surface area contributed by atoms with E-state index in [-0.39, 0.29) is 12.5 Å². The van der Waals surface area contributed by atoms with Crippen molar-refractivity contribution in [1.82, 2.24) is 4.72 Å². The molecular formula is C5H12N2O2S. The zero-order valence-corrected chi connectivity index (χ0v) is 6.74. The number of ether oxygens (including phenoxy) is 1. The van der Waals surface area contributed by atoms with Crippen LogP contribution in [0.5, 0.6) is 0 Å². The molecule has 0 unspecified atom stereocenters. The van der Waals surface area contributed by atoms with Gasteiger partial charge in [-0.15, -0.1) is 0 Å². The van der Waals surface area contributed by atoms with Crippen LogP contribution in [0.3, 0.4) is 0 Å². The van der Waals surface area contributed by atoms with Crippen molar-refractivity contribution in [3.05, 3.63) is 0 Å². The second-order valence-corrected chi connectivity index (χ2v) is 2.23. The highest BCUT2D eigenvalue weighted by Crippen LogP contribution is 1.81. The number of carbonyl (C=O) groups excluding carboxylic acids is 1. The molecule has 0 saturated heterocycles. The third kappa shape index (κ3) is 5.87. The molecule has 3 N–H and O–H groups in total. The van der Waals surface area contributed by atoms with Crippen molar-refractivity contribution in [2.45, 2.75) is 0 Å². The lowest BCUT2D eigenvalue weighted by Crippen LogP contribution is -2.21. The van der Waals surface area contributed by atoms with Gasteiger partial charge in [-0.1, -0.05) is 11.9 Å². The summed E-state index contributed by atoms with van der Waals surface area (Å²) in [5.41, 5.74) is 5.10. The van der Waals surface area contributed by atoms with Crippen LogP contribution < -0.4 is 10.5 Å². The summed E-state index contributed by atoms with van der Waals surface area (Å²) >= 11 is 1.38. The molecule has 0 rings (SSSR count). The molecule has 0 aromatic heterocycles. The zero-order valence-electron chi connectivity index (χ0n) is 5.92. The molecule has 0 aromatic carbocycles. The van der Waals surface area contributed by atoms with Crippen LogP contribution in [-0.2, 0) is 9.53 Å². The summed E-state index contributed by atoms with van der Waals surface area (Å²) < 4.78 is 7.41. The molecule has 0 aromatic rings. The molecular weight excluding hydrogens is 152 g/mol. The van der Waals surface area contributed by atoms with Crippen LogP contribution in [0.2, 0.25) is 0 Å². The number of nitrogens with two attached hydrogens (primary N) is 1. The Balaban J connectivity index is 3.09. The molecule has 0 saturated carbocycles. The van der Waals surface area contributed by atoms with E-state index >= 15 is 0 Å². The molecule has 0 fully saturated rings. The van der Waals surface area contributed by atoms with Crippen molar-refractivity contribution < 1.29 is 9.53 Å². The van der Waals surface area contributed by atoms with Crippen molar-refractivity contribution in [2.75, 3.05) is 26.0 Å². The van der Waals surface area contributed by atoms with Crippen LogP contribution in [0.15, 0.2) is 0 Å². The SMILES string of the molecule is CSNCC(=O)OCCN. The van der Waals surface area contributed by atoms with Crippen molar-refractivity contribution in [3.8, 4) is 0 Å². The summed E-state index contributed by atoms with van der Waals surface area (Å²) in [5.74, 6) is -0.264. The van der Waals surface area contributed by atoms with Gasteiger partial charge in [0.25, 0.3) is 0 Å². The lowest BCUT2D eigenvalue weighted by Gasteiger charge is -2.01. The molecule has 0 spiro atoms. The first-order chi connectivity index (χ1) is 4.81. The molecule has 60 valence electrons. The van der Waals surface area contributed by atoms with Crippen molar-refractivity contribution in [1.29, 1.82) is 0 Å². The lowest BCUT2D eigenvalue weighted by atomic mass is 10.6. The largest absolute Gasteiger partial charge is 0.463 e. The van der Waals surface area contributed by atoms with Gasteiger partial charge < -0.3 is 10.5 Å². The number of rotatable bonds is 5. The summed E-state index contributed by atoms with van der Waals surface area (Å²) in [6.45, 7) is 0.918. The molecule has 5 heteroatoms. The maximum absolute atomic E-state index is 10.6. The van der Waals surface area contributed by atoms with Gasteiger partial charge >= 0.3 is 5.97 Å². The normalized spacial score (nSPS) is 9.40.